The van der Waals surface area contributed by atoms with Gasteiger partial charge in [0.05, 0.1) is 16.7 Å². The van der Waals surface area contributed by atoms with Gasteiger partial charge in [0, 0.05) is 53.6 Å². The fourth-order valence-electron chi connectivity index (χ4n) is 9.33. The largest absolute Gasteiger partial charge is 0.310 e. The zero-order valence-electron chi connectivity index (χ0n) is 33.2. The average Bonchev–Trinajstić information content (AvgIpc) is 3.88. The van der Waals surface area contributed by atoms with Crippen LogP contribution in [0.5, 0.6) is 0 Å². The number of rotatable bonds is 7. The van der Waals surface area contributed by atoms with Crippen LogP contribution in [0.4, 0.5) is 17.1 Å². The summed E-state index contributed by atoms with van der Waals surface area (Å²) >= 11 is 1.86. The minimum atomic E-state index is 1.07. The normalized spacial score (nSPS) is 11.6. The number of hydrogen-bond acceptors (Lipinski definition) is 2. The predicted octanol–water partition coefficient (Wildman–Crippen LogP) is 16.8. The molecule has 286 valence electrons. The fourth-order valence-corrected chi connectivity index (χ4v) is 10.4. The molecule has 12 aromatic rings. The van der Waals surface area contributed by atoms with E-state index in [1.165, 1.54) is 80.6 Å². The maximum absolute atomic E-state index is 2.45. The topological polar surface area (TPSA) is 8.17 Å². The maximum atomic E-state index is 2.45. The van der Waals surface area contributed by atoms with Crippen LogP contribution >= 0.6 is 11.3 Å². The van der Waals surface area contributed by atoms with Gasteiger partial charge in [0.1, 0.15) is 0 Å². The summed E-state index contributed by atoms with van der Waals surface area (Å²) in [5.74, 6) is 0. The van der Waals surface area contributed by atoms with Crippen LogP contribution in [0.2, 0.25) is 0 Å². The second-order valence-corrected chi connectivity index (χ2v) is 16.8. The van der Waals surface area contributed by atoms with Crippen molar-refractivity contribution in [3.63, 3.8) is 0 Å². The van der Waals surface area contributed by atoms with Crippen LogP contribution in [-0.4, -0.2) is 4.57 Å². The molecule has 0 radical (unpaired) electrons. The van der Waals surface area contributed by atoms with Crippen LogP contribution in [0.1, 0.15) is 0 Å². The first-order valence-corrected chi connectivity index (χ1v) is 21.6. The van der Waals surface area contributed by atoms with Gasteiger partial charge in [-0.1, -0.05) is 164 Å². The van der Waals surface area contributed by atoms with Gasteiger partial charge in [-0.3, -0.25) is 0 Å². The minimum absolute atomic E-state index is 1.07. The molecule has 10 aromatic carbocycles. The van der Waals surface area contributed by atoms with Gasteiger partial charge in [0.15, 0.2) is 0 Å². The van der Waals surface area contributed by atoms with E-state index in [1.807, 2.05) is 11.3 Å². The van der Waals surface area contributed by atoms with Crippen molar-refractivity contribution < 1.29 is 0 Å². The lowest BCUT2D eigenvalue weighted by atomic mass is 9.94. The van der Waals surface area contributed by atoms with Gasteiger partial charge >= 0.3 is 0 Å². The third kappa shape index (κ3) is 6.01. The minimum Gasteiger partial charge on any atom is -0.310 e. The molecule has 0 aliphatic rings. The zero-order valence-corrected chi connectivity index (χ0v) is 34.1. The van der Waals surface area contributed by atoms with Crippen molar-refractivity contribution >= 4 is 81.1 Å². The first-order valence-electron chi connectivity index (χ1n) is 20.8. The molecule has 0 spiro atoms. The van der Waals surface area contributed by atoms with E-state index >= 15 is 0 Å². The number of benzene rings is 10. The molecule has 0 amide bonds. The van der Waals surface area contributed by atoms with Crippen molar-refractivity contribution in [2.75, 3.05) is 4.90 Å². The van der Waals surface area contributed by atoms with Gasteiger partial charge in [0.2, 0.25) is 0 Å². The molecule has 0 aliphatic heterocycles. The monoisotopic (exact) mass is 794 g/mol. The third-order valence-corrected chi connectivity index (χ3v) is 13.3. The number of anilines is 3. The molecule has 12 rings (SSSR count). The second-order valence-electron chi connectivity index (χ2n) is 15.7. The Morgan fingerprint density at radius 2 is 0.951 bits per heavy atom. The molecule has 2 nitrogen and oxygen atoms in total. The molecular weight excluding hydrogens is 757 g/mol. The van der Waals surface area contributed by atoms with Crippen molar-refractivity contribution in [2.24, 2.45) is 0 Å². The second kappa shape index (κ2) is 14.5. The quantitative estimate of drug-likeness (QED) is 0.156. The molecule has 61 heavy (non-hydrogen) atoms. The summed E-state index contributed by atoms with van der Waals surface area (Å²) in [6, 6.07) is 84.4. The lowest BCUT2D eigenvalue weighted by Crippen LogP contribution is -2.12. The third-order valence-electron chi connectivity index (χ3n) is 12.2. The van der Waals surface area contributed by atoms with E-state index in [2.05, 4.69) is 240 Å². The van der Waals surface area contributed by atoms with Crippen molar-refractivity contribution in [1.82, 2.24) is 4.57 Å². The molecule has 0 saturated carbocycles. The summed E-state index contributed by atoms with van der Waals surface area (Å²) < 4.78 is 5.05. The summed E-state index contributed by atoms with van der Waals surface area (Å²) in [6.45, 7) is 0. The standard InChI is InChI=1S/C58H38N2S/c1-2-14-41(15-3-1)49-34-30-43(48-24-12-17-40-16-4-5-20-47(40)48)37-56(49)59(44-32-28-39(29-33-44)42-31-35-58-53(36-42)52-23-8-11-27-57(52)61-58)45-18-13-19-46(38-45)60-54-25-9-6-21-50(54)51-22-7-10-26-55(51)60/h1-38H. The van der Waals surface area contributed by atoms with E-state index in [-0.39, 0.29) is 0 Å². The molecule has 3 heteroatoms. The van der Waals surface area contributed by atoms with Gasteiger partial charge in [0.25, 0.3) is 0 Å². The van der Waals surface area contributed by atoms with E-state index in [0.717, 1.165) is 28.3 Å². The summed E-state index contributed by atoms with van der Waals surface area (Å²) in [5.41, 5.74) is 13.9. The smallest absolute Gasteiger partial charge is 0.0546 e. The van der Waals surface area contributed by atoms with Crippen molar-refractivity contribution in [3.05, 3.63) is 231 Å². The van der Waals surface area contributed by atoms with Gasteiger partial charge < -0.3 is 9.47 Å². The van der Waals surface area contributed by atoms with Crippen LogP contribution < -0.4 is 4.90 Å². The Morgan fingerprint density at radius 3 is 1.75 bits per heavy atom. The summed E-state index contributed by atoms with van der Waals surface area (Å²) in [6.07, 6.45) is 0. The first kappa shape index (κ1) is 35.2. The Kier molecular flexibility index (Phi) is 8.39. The first-order chi connectivity index (χ1) is 30.2. The molecule has 2 heterocycles. The van der Waals surface area contributed by atoms with Gasteiger partial charge in [-0.25, -0.2) is 0 Å². The summed E-state index contributed by atoms with van der Waals surface area (Å²) in [5, 5.41) is 7.59. The molecule has 0 N–H and O–H groups in total. The van der Waals surface area contributed by atoms with Crippen LogP contribution in [0.3, 0.4) is 0 Å². The van der Waals surface area contributed by atoms with Crippen molar-refractivity contribution in [1.29, 1.82) is 0 Å². The fraction of sp³-hybridized carbons (Fsp3) is 0. The Balaban J connectivity index is 1.08. The predicted molar refractivity (Wildman–Crippen MR) is 262 cm³/mol. The Bertz CT molecular complexity index is 3540. The van der Waals surface area contributed by atoms with Gasteiger partial charge in [-0.05, 0) is 105 Å². The maximum Gasteiger partial charge on any atom is 0.0546 e. The Labute approximate surface area is 358 Å². The molecule has 0 aliphatic carbocycles. The van der Waals surface area contributed by atoms with Gasteiger partial charge in [-0.2, -0.15) is 0 Å². The SMILES string of the molecule is c1ccc(-c2ccc(-c3cccc4ccccc34)cc2N(c2ccc(-c3ccc4sc5ccccc5c4c3)cc2)c2cccc(-n3c4ccccc4c4ccccc43)c2)cc1. The number of fused-ring (bicyclic) bond motifs is 7. The van der Waals surface area contributed by atoms with E-state index in [9.17, 15) is 0 Å². The Hall–Kier alpha value is -7.72. The van der Waals surface area contributed by atoms with Crippen LogP contribution in [-0.2, 0) is 0 Å². The van der Waals surface area contributed by atoms with E-state index < -0.39 is 0 Å². The van der Waals surface area contributed by atoms with Crippen LogP contribution in [0, 0.1) is 0 Å². The van der Waals surface area contributed by atoms with Gasteiger partial charge in [-0.15, -0.1) is 11.3 Å². The van der Waals surface area contributed by atoms with E-state index in [1.54, 1.807) is 0 Å². The number of hydrogen-bond donors (Lipinski definition) is 0. The molecule has 0 fully saturated rings. The van der Waals surface area contributed by atoms with E-state index in [4.69, 9.17) is 0 Å². The number of nitrogens with zero attached hydrogens (tertiary/aromatic N) is 2. The molecule has 0 saturated heterocycles. The average molecular weight is 795 g/mol. The lowest BCUT2D eigenvalue weighted by Gasteiger charge is -2.29. The number of para-hydroxylation sites is 2. The molecule has 0 atom stereocenters. The zero-order chi connectivity index (χ0) is 40.3. The highest BCUT2D eigenvalue weighted by Gasteiger charge is 2.21. The van der Waals surface area contributed by atoms with Crippen molar-refractivity contribution in [2.45, 2.75) is 0 Å². The highest BCUT2D eigenvalue weighted by molar-refractivity contribution is 7.25. The molecule has 2 aromatic heterocycles. The van der Waals surface area contributed by atoms with E-state index in [0.29, 0.717) is 0 Å². The lowest BCUT2D eigenvalue weighted by molar-refractivity contribution is 1.17. The van der Waals surface area contributed by atoms with Crippen molar-refractivity contribution in [3.8, 4) is 39.1 Å². The number of thiophene rings is 1. The molecular formula is C58H38N2S. The van der Waals surface area contributed by atoms with Crippen LogP contribution in [0.25, 0.3) is 91.8 Å². The summed E-state index contributed by atoms with van der Waals surface area (Å²) in [7, 11) is 0. The molecule has 0 unspecified atom stereocenters. The molecule has 0 bridgehead atoms. The highest BCUT2D eigenvalue weighted by atomic mass is 32.1. The summed E-state index contributed by atoms with van der Waals surface area (Å²) in [4.78, 5) is 2.45. The Morgan fingerprint density at radius 1 is 0.328 bits per heavy atom. The van der Waals surface area contributed by atoms with Crippen LogP contribution in [0.15, 0.2) is 231 Å². The number of aromatic nitrogens is 1. The highest BCUT2D eigenvalue weighted by Crippen LogP contribution is 2.45.